The Morgan fingerprint density at radius 1 is 0.333 bits per heavy atom. The average molecular weight is 1360 g/mol. The van der Waals surface area contributed by atoms with Crippen molar-refractivity contribution in [2.24, 2.45) is 17.8 Å². The third-order valence-corrected chi connectivity index (χ3v) is 18.4. The molecule has 0 heterocycles. The molecule has 0 aromatic rings. The number of carbonyl (C=O) groups excluding carboxylic acids is 4. The highest BCUT2D eigenvalue weighted by Gasteiger charge is 2.30. The van der Waals surface area contributed by atoms with Gasteiger partial charge in [0.2, 0.25) is 0 Å². The van der Waals surface area contributed by atoms with Gasteiger partial charge in [-0.3, -0.25) is 37.3 Å². The van der Waals surface area contributed by atoms with E-state index in [9.17, 15) is 43.2 Å². The molecule has 548 valence electrons. The maximum Gasteiger partial charge on any atom is 0.472 e. The van der Waals surface area contributed by atoms with Crippen molar-refractivity contribution in [1.82, 2.24) is 0 Å². The molecular weight excluding hydrogens is 1220 g/mol. The molecule has 93 heavy (non-hydrogen) atoms. The zero-order chi connectivity index (χ0) is 68.7. The Hall–Kier alpha value is -2.46. The Bertz CT molecular complexity index is 1910. The summed E-state index contributed by atoms with van der Waals surface area (Å²) in [6.45, 7) is 11.7. The molecule has 0 aliphatic rings. The highest BCUT2D eigenvalue weighted by molar-refractivity contribution is 7.47. The van der Waals surface area contributed by atoms with E-state index in [4.69, 9.17) is 37.0 Å². The number of aliphatic hydroxyl groups is 1. The van der Waals surface area contributed by atoms with Crippen LogP contribution in [0.2, 0.25) is 0 Å². The molecule has 0 spiro atoms. The lowest BCUT2D eigenvalue weighted by Gasteiger charge is -2.21. The zero-order valence-electron chi connectivity index (χ0n) is 60.2. The van der Waals surface area contributed by atoms with Crippen molar-refractivity contribution in [2.75, 3.05) is 39.6 Å². The largest absolute Gasteiger partial charge is 0.472 e. The smallest absolute Gasteiger partial charge is 0.462 e. The van der Waals surface area contributed by atoms with Gasteiger partial charge >= 0.3 is 39.5 Å². The molecule has 2 unspecified atom stereocenters. The normalized spacial score (nSPS) is 14.3. The van der Waals surface area contributed by atoms with Gasteiger partial charge in [-0.15, -0.1) is 0 Å². The Morgan fingerprint density at radius 3 is 0.871 bits per heavy atom. The summed E-state index contributed by atoms with van der Waals surface area (Å²) in [7, 11) is -9.92. The van der Waals surface area contributed by atoms with Crippen LogP contribution in [0.3, 0.4) is 0 Å². The molecule has 0 radical (unpaired) electrons. The first-order valence-corrected chi connectivity index (χ1v) is 40.7. The molecule has 0 saturated carbocycles. The van der Waals surface area contributed by atoms with Crippen molar-refractivity contribution in [2.45, 2.75) is 369 Å². The van der Waals surface area contributed by atoms with E-state index in [0.29, 0.717) is 31.6 Å². The second-order valence-corrected chi connectivity index (χ2v) is 30.3. The monoisotopic (exact) mass is 1360 g/mol. The SMILES string of the molecule is CCCCCC/C=C\C=C/CCCCCCCC(=O)O[C@H](COC(=O)CCCCCCCCC(C)C)COP(=O)(O)OC[C@H](O)COP(=O)(O)OC[C@@H](COC(=O)CCCCCCCCCCCCC(C)C)OC(=O)CCCCCCCCCCCCCCCC(C)C. The number of allylic oxidation sites excluding steroid dienone is 4. The fraction of sp³-hybridized carbons (Fsp3) is 0.892. The quantitative estimate of drug-likeness (QED) is 0.0169. The number of unbranched alkanes of at least 4 members (excludes halogenated alkanes) is 35. The van der Waals surface area contributed by atoms with Crippen LogP contribution in [0, 0.1) is 17.8 Å². The molecule has 3 N–H and O–H groups in total. The van der Waals surface area contributed by atoms with Crippen molar-refractivity contribution in [3.8, 4) is 0 Å². The van der Waals surface area contributed by atoms with Gasteiger partial charge in [-0.25, -0.2) is 9.13 Å². The third kappa shape index (κ3) is 67.9. The van der Waals surface area contributed by atoms with Gasteiger partial charge in [-0.2, -0.15) is 0 Å². The van der Waals surface area contributed by atoms with Crippen LogP contribution in [0.15, 0.2) is 24.3 Å². The van der Waals surface area contributed by atoms with Crippen LogP contribution in [0.5, 0.6) is 0 Å². The molecule has 0 fully saturated rings. The summed E-state index contributed by atoms with van der Waals surface area (Å²) < 4.78 is 68.4. The minimum atomic E-state index is -4.96. The van der Waals surface area contributed by atoms with Gasteiger partial charge in [-0.1, -0.05) is 297 Å². The fourth-order valence-corrected chi connectivity index (χ4v) is 12.3. The lowest BCUT2D eigenvalue weighted by atomic mass is 10.0. The minimum absolute atomic E-state index is 0.0836. The number of aliphatic hydroxyl groups excluding tert-OH is 1. The van der Waals surface area contributed by atoms with E-state index in [-0.39, 0.29) is 25.7 Å². The van der Waals surface area contributed by atoms with E-state index >= 15 is 0 Å². The van der Waals surface area contributed by atoms with Crippen molar-refractivity contribution in [3.05, 3.63) is 24.3 Å². The van der Waals surface area contributed by atoms with Crippen molar-refractivity contribution in [1.29, 1.82) is 0 Å². The number of carbonyl (C=O) groups is 4. The number of hydrogen-bond donors (Lipinski definition) is 3. The van der Waals surface area contributed by atoms with Crippen LogP contribution in [0.4, 0.5) is 0 Å². The number of ether oxygens (including phenoxy) is 4. The summed E-state index contributed by atoms with van der Waals surface area (Å²) in [6, 6.07) is 0. The Kier molecular flexibility index (Phi) is 62.5. The van der Waals surface area contributed by atoms with Crippen LogP contribution in [0.1, 0.15) is 350 Å². The van der Waals surface area contributed by atoms with Crippen LogP contribution in [-0.4, -0.2) is 96.7 Å². The van der Waals surface area contributed by atoms with Gasteiger partial charge in [-0.05, 0) is 69.1 Å². The van der Waals surface area contributed by atoms with E-state index in [1.165, 1.54) is 141 Å². The van der Waals surface area contributed by atoms with E-state index in [0.717, 1.165) is 121 Å². The van der Waals surface area contributed by atoms with E-state index in [1.807, 2.05) is 0 Å². The topological polar surface area (TPSA) is 237 Å². The zero-order valence-corrected chi connectivity index (χ0v) is 62.0. The summed E-state index contributed by atoms with van der Waals surface area (Å²) in [5, 5.41) is 10.6. The standard InChI is InChI=1S/C74H140O17P2/c1-8-9-10-11-12-13-14-15-16-19-22-29-34-43-50-57-74(79)91-70(62-85-72(77)56-49-42-37-36-40-47-54-67(6)7)64-89-93(82,83)87-60-68(75)59-86-92(80,81)88-63-69(61-84-71(76)55-48-41-33-28-25-24-27-32-39-46-53-66(4)5)90-73(78)58-51-44-35-30-23-20-17-18-21-26-31-38-45-52-65(2)3/h13-16,65-70,75H,8-12,17-64H2,1-7H3,(H,80,81)(H,82,83)/b14-13-,16-15-/t68-,69-,70-/m1/s1. The van der Waals surface area contributed by atoms with Crippen LogP contribution in [-0.2, 0) is 65.4 Å². The highest BCUT2D eigenvalue weighted by atomic mass is 31.2. The molecule has 0 aliphatic carbocycles. The number of hydrogen-bond acceptors (Lipinski definition) is 15. The van der Waals surface area contributed by atoms with Crippen molar-refractivity contribution >= 4 is 39.5 Å². The number of esters is 4. The first kappa shape index (κ1) is 90.5. The van der Waals surface area contributed by atoms with Gasteiger partial charge in [0.1, 0.15) is 19.3 Å². The summed E-state index contributed by atoms with van der Waals surface area (Å²) >= 11 is 0. The number of rotatable bonds is 70. The summed E-state index contributed by atoms with van der Waals surface area (Å²) in [5.41, 5.74) is 0. The molecule has 5 atom stereocenters. The number of phosphoric acid groups is 2. The Morgan fingerprint density at radius 2 is 0.581 bits per heavy atom. The van der Waals surface area contributed by atoms with Gasteiger partial charge in [0.05, 0.1) is 26.4 Å². The minimum Gasteiger partial charge on any atom is -0.462 e. The van der Waals surface area contributed by atoms with E-state index < -0.39 is 97.5 Å². The van der Waals surface area contributed by atoms with E-state index in [2.05, 4.69) is 72.8 Å². The first-order chi connectivity index (χ1) is 44.7. The summed E-state index contributed by atoms with van der Waals surface area (Å²) in [5.74, 6) is 0.0649. The lowest BCUT2D eigenvalue weighted by molar-refractivity contribution is -0.161. The molecule has 0 rings (SSSR count). The highest BCUT2D eigenvalue weighted by Crippen LogP contribution is 2.45. The summed E-state index contributed by atoms with van der Waals surface area (Å²) in [6.07, 6.45) is 52.3. The van der Waals surface area contributed by atoms with Crippen LogP contribution < -0.4 is 0 Å². The third-order valence-electron chi connectivity index (χ3n) is 16.5. The second kappa shape index (κ2) is 64.2. The fourth-order valence-electron chi connectivity index (χ4n) is 10.7. The Labute approximate surface area is 567 Å². The maximum atomic E-state index is 13.1. The molecular formula is C74H140O17P2. The molecule has 0 aromatic heterocycles. The molecule has 0 aliphatic heterocycles. The molecule has 0 saturated heterocycles. The summed E-state index contributed by atoms with van der Waals surface area (Å²) in [4.78, 5) is 72.7. The Balaban J connectivity index is 5.28. The van der Waals surface area contributed by atoms with Crippen molar-refractivity contribution < 1.29 is 80.2 Å². The van der Waals surface area contributed by atoms with E-state index in [1.54, 1.807) is 0 Å². The second-order valence-electron chi connectivity index (χ2n) is 27.4. The van der Waals surface area contributed by atoms with Gasteiger partial charge < -0.3 is 33.8 Å². The molecule has 0 amide bonds. The van der Waals surface area contributed by atoms with Crippen LogP contribution >= 0.6 is 15.6 Å². The van der Waals surface area contributed by atoms with Gasteiger partial charge in [0, 0.05) is 25.7 Å². The first-order valence-electron chi connectivity index (χ1n) is 37.7. The molecule has 0 aromatic carbocycles. The van der Waals surface area contributed by atoms with Gasteiger partial charge in [0.25, 0.3) is 0 Å². The molecule has 19 heteroatoms. The number of phosphoric ester groups is 2. The predicted molar refractivity (Wildman–Crippen MR) is 377 cm³/mol. The van der Waals surface area contributed by atoms with Crippen LogP contribution in [0.25, 0.3) is 0 Å². The average Bonchev–Trinajstić information content (AvgIpc) is 1.42. The lowest BCUT2D eigenvalue weighted by Crippen LogP contribution is -2.30. The molecule has 0 bridgehead atoms. The van der Waals surface area contributed by atoms with Gasteiger partial charge in [0.15, 0.2) is 12.2 Å². The maximum absolute atomic E-state index is 13.1. The van der Waals surface area contributed by atoms with Crippen molar-refractivity contribution in [3.63, 3.8) is 0 Å². The predicted octanol–water partition coefficient (Wildman–Crippen LogP) is 21.0. The molecule has 17 nitrogen and oxygen atoms in total.